The lowest BCUT2D eigenvalue weighted by Gasteiger charge is -2.12. The Kier molecular flexibility index (Phi) is 4.22. The van der Waals surface area contributed by atoms with Crippen LogP contribution in [-0.4, -0.2) is 13.4 Å². The molecule has 3 N–H and O–H groups in total. The van der Waals surface area contributed by atoms with Gasteiger partial charge in [0.15, 0.2) is 0 Å². The Balaban J connectivity index is 2.44. The number of hydrogen-bond donors (Lipinski definition) is 2. The number of nitrogens with one attached hydrogen (secondary N) is 1. The first kappa shape index (κ1) is 15.1. The van der Waals surface area contributed by atoms with Crippen LogP contribution in [0.2, 0.25) is 5.02 Å². The van der Waals surface area contributed by atoms with Gasteiger partial charge in [0.2, 0.25) is 0 Å². The molecule has 0 unspecified atom stereocenters. The van der Waals surface area contributed by atoms with Crippen LogP contribution in [-0.2, 0) is 10.0 Å². The number of benzene rings is 1. The number of aryl methyl sites for hydroxylation is 1. The monoisotopic (exact) mass is 375 g/mol. The van der Waals surface area contributed by atoms with E-state index in [1.165, 1.54) is 24.4 Å². The van der Waals surface area contributed by atoms with E-state index in [4.69, 9.17) is 17.3 Å². The zero-order valence-corrected chi connectivity index (χ0v) is 13.6. The molecule has 0 spiro atoms. The predicted octanol–water partition coefficient (Wildman–Crippen LogP) is 3.19. The summed E-state index contributed by atoms with van der Waals surface area (Å²) in [5, 5.41) is 0.463. The molecule has 0 radical (unpaired) electrons. The maximum Gasteiger partial charge on any atom is 0.265 e. The van der Waals surface area contributed by atoms with Gasteiger partial charge in [0.1, 0.15) is 10.7 Å². The molecule has 0 saturated heterocycles. The van der Waals surface area contributed by atoms with Gasteiger partial charge in [-0.05, 0) is 52.7 Å². The molecule has 0 fully saturated rings. The van der Waals surface area contributed by atoms with Gasteiger partial charge in [0, 0.05) is 15.7 Å². The number of pyridine rings is 1. The minimum atomic E-state index is -3.82. The summed E-state index contributed by atoms with van der Waals surface area (Å²) >= 11 is 9.29. The first-order valence-electron chi connectivity index (χ1n) is 5.50. The second kappa shape index (κ2) is 5.59. The summed E-state index contributed by atoms with van der Waals surface area (Å²) in [6.07, 6.45) is 1.42. The topological polar surface area (TPSA) is 85.1 Å². The summed E-state index contributed by atoms with van der Waals surface area (Å²) in [6.45, 7) is 1.82. The fourth-order valence-electron chi connectivity index (χ4n) is 1.55. The Morgan fingerprint density at radius 1 is 1.40 bits per heavy atom. The second-order valence-corrected chi connectivity index (χ2v) is 6.99. The number of nitrogens with two attached hydrogens (primary N) is 1. The fourth-order valence-corrected chi connectivity index (χ4v) is 3.56. The molecule has 0 bridgehead atoms. The van der Waals surface area contributed by atoms with Crippen molar-refractivity contribution in [3.63, 3.8) is 0 Å². The predicted molar refractivity (Wildman–Crippen MR) is 83.3 cm³/mol. The zero-order valence-electron chi connectivity index (χ0n) is 10.4. The van der Waals surface area contributed by atoms with E-state index in [0.717, 1.165) is 5.56 Å². The van der Waals surface area contributed by atoms with Crippen molar-refractivity contribution in [2.75, 3.05) is 10.5 Å². The van der Waals surface area contributed by atoms with Crippen molar-refractivity contribution >= 4 is 49.1 Å². The third-order valence-corrected chi connectivity index (χ3v) is 5.06. The average molecular weight is 377 g/mol. The Morgan fingerprint density at radius 3 is 2.75 bits per heavy atom. The Labute approximate surface area is 130 Å². The first-order chi connectivity index (χ1) is 9.31. The van der Waals surface area contributed by atoms with E-state index in [1.54, 1.807) is 6.07 Å². The largest absolute Gasteiger partial charge is 0.383 e. The lowest BCUT2D eigenvalue weighted by Crippen LogP contribution is -2.15. The maximum atomic E-state index is 12.3. The number of nitrogen functional groups attached to an aromatic ring is 1. The molecule has 0 amide bonds. The van der Waals surface area contributed by atoms with Gasteiger partial charge in [-0.3, -0.25) is 4.72 Å². The van der Waals surface area contributed by atoms with Gasteiger partial charge in [-0.2, -0.15) is 0 Å². The van der Waals surface area contributed by atoms with E-state index >= 15 is 0 Å². The number of anilines is 2. The minimum Gasteiger partial charge on any atom is -0.383 e. The summed E-state index contributed by atoms with van der Waals surface area (Å²) in [6, 6.07) is 6.15. The van der Waals surface area contributed by atoms with Crippen LogP contribution in [0.15, 0.2) is 39.8 Å². The highest BCUT2D eigenvalue weighted by Gasteiger charge is 2.19. The SMILES string of the molecule is Cc1cc(Br)c(NS(=O)(=O)c2cccnc2N)cc1Cl. The third kappa shape index (κ3) is 3.05. The van der Waals surface area contributed by atoms with Crippen LogP contribution in [0.1, 0.15) is 5.56 Å². The number of rotatable bonds is 3. The van der Waals surface area contributed by atoms with Crippen LogP contribution in [0.5, 0.6) is 0 Å². The van der Waals surface area contributed by atoms with Gasteiger partial charge >= 0.3 is 0 Å². The van der Waals surface area contributed by atoms with Crippen molar-refractivity contribution in [1.82, 2.24) is 4.98 Å². The number of halogens is 2. The van der Waals surface area contributed by atoms with E-state index < -0.39 is 10.0 Å². The number of nitrogens with zero attached hydrogens (tertiary/aromatic N) is 1. The highest BCUT2D eigenvalue weighted by molar-refractivity contribution is 9.10. The normalized spacial score (nSPS) is 11.3. The van der Waals surface area contributed by atoms with Crippen LogP contribution in [0, 0.1) is 6.92 Å². The van der Waals surface area contributed by atoms with Crippen LogP contribution >= 0.6 is 27.5 Å². The van der Waals surface area contributed by atoms with E-state index in [2.05, 4.69) is 25.6 Å². The highest BCUT2D eigenvalue weighted by Crippen LogP contribution is 2.31. The number of aromatic nitrogens is 1. The van der Waals surface area contributed by atoms with E-state index in [-0.39, 0.29) is 10.7 Å². The van der Waals surface area contributed by atoms with Crippen molar-refractivity contribution in [2.45, 2.75) is 11.8 Å². The van der Waals surface area contributed by atoms with Crippen molar-refractivity contribution in [1.29, 1.82) is 0 Å². The molecule has 20 heavy (non-hydrogen) atoms. The Morgan fingerprint density at radius 2 is 2.10 bits per heavy atom. The molecule has 2 aromatic rings. The lowest BCUT2D eigenvalue weighted by atomic mass is 10.2. The molecule has 0 atom stereocenters. The zero-order chi connectivity index (χ0) is 14.9. The van der Waals surface area contributed by atoms with Gasteiger partial charge in [0.25, 0.3) is 10.0 Å². The van der Waals surface area contributed by atoms with E-state index in [9.17, 15) is 8.42 Å². The van der Waals surface area contributed by atoms with Gasteiger partial charge in [-0.25, -0.2) is 13.4 Å². The third-order valence-electron chi connectivity index (χ3n) is 2.58. The van der Waals surface area contributed by atoms with Crippen LogP contribution in [0.25, 0.3) is 0 Å². The highest BCUT2D eigenvalue weighted by atomic mass is 79.9. The van der Waals surface area contributed by atoms with E-state index in [1.807, 2.05) is 6.92 Å². The maximum absolute atomic E-state index is 12.3. The molecule has 0 aliphatic carbocycles. The molecule has 1 heterocycles. The van der Waals surface area contributed by atoms with Crippen molar-refractivity contribution in [3.05, 3.63) is 45.5 Å². The summed E-state index contributed by atoms with van der Waals surface area (Å²) in [4.78, 5) is 3.68. The van der Waals surface area contributed by atoms with Gasteiger partial charge in [-0.1, -0.05) is 11.6 Å². The van der Waals surface area contributed by atoms with E-state index in [0.29, 0.717) is 15.2 Å². The molecule has 5 nitrogen and oxygen atoms in total. The minimum absolute atomic E-state index is 0.0608. The molecule has 1 aromatic carbocycles. The van der Waals surface area contributed by atoms with Crippen molar-refractivity contribution in [3.8, 4) is 0 Å². The fraction of sp³-hybridized carbons (Fsp3) is 0.0833. The van der Waals surface area contributed by atoms with Crippen molar-refractivity contribution < 1.29 is 8.42 Å². The molecule has 8 heteroatoms. The first-order valence-corrected chi connectivity index (χ1v) is 8.15. The Hall–Kier alpha value is -1.31. The van der Waals surface area contributed by atoms with Crippen LogP contribution < -0.4 is 10.5 Å². The average Bonchev–Trinajstić information content (AvgIpc) is 2.36. The number of sulfonamides is 1. The summed E-state index contributed by atoms with van der Waals surface area (Å²) in [7, 11) is -3.82. The summed E-state index contributed by atoms with van der Waals surface area (Å²) in [5.74, 6) is -0.0608. The van der Waals surface area contributed by atoms with Crippen LogP contribution in [0.4, 0.5) is 11.5 Å². The van der Waals surface area contributed by atoms with Gasteiger partial charge in [-0.15, -0.1) is 0 Å². The quantitative estimate of drug-likeness (QED) is 0.861. The standard InChI is InChI=1S/C12H11BrClN3O2S/c1-7-5-8(13)10(6-9(7)14)17-20(18,19)11-3-2-4-16-12(11)15/h2-6,17H,1H3,(H2,15,16). The van der Waals surface area contributed by atoms with Gasteiger partial charge in [0.05, 0.1) is 5.69 Å². The lowest BCUT2D eigenvalue weighted by molar-refractivity contribution is 0.601. The molecule has 0 saturated carbocycles. The molecule has 0 aliphatic rings. The molecule has 0 aliphatic heterocycles. The van der Waals surface area contributed by atoms with Crippen molar-refractivity contribution in [2.24, 2.45) is 0 Å². The summed E-state index contributed by atoms with van der Waals surface area (Å²) < 4.78 is 27.6. The molecule has 1 aromatic heterocycles. The Bertz CT molecular complexity index is 765. The van der Waals surface area contributed by atoms with Crippen LogP contribution in [0.3, 0.4) is 0 Å². The molecule has 2 rings (SSSR count). The molecule has 106 valence electrons. The molecular weight excluding hydrogens is 366 g/mol. The summed E-state index contributed by atoms with van der Waals surface area (Å²) in [5.41, 5.74) is 6.76. The van der Waals surface area contributed by atoms with Gasteiger partial charge < -0.3 is 5.73 Å². The number of hydrogen-bond acceptors (Lipinski definition) is 4. The molecular formula is C12H11BrClN3O2S. The second-order valence-electron chi connectivity index (χ2n) is 4.07. The smallest absolute Gasteiger partial charge is 0.265 e.